The Labute approximate surface area is 112 Å². The van der Waals surface area contributed by atoms with Crippen LogP contribution in [0.3, 0.4) is 0 Å². The Morgan fingerprint density at radius 2 is 2.28 bits per heavy atom. The molecule has 0 unspecified atom stereocenters. The molecular formula is C12H17N5S. The van der Waals surface area contributed by atoms with E-state index in [0.29, 0.717) is 5.11 Å². The molecule has 1 saturated heterocycles. The highest BCUT2D eigenvalue weighted by Crippen LogP contribution is 2.07. The smallest absolute Gasteiger partial charge is 0.189 e. The Balaban J connectivity index is 2.00. The van der Waals surface area contributed by atoms with E-state index in [-0.39, 0.29) is 0 Å². The van der Waals surface area contributed by atoms with Gasteiger partial charge in [0.25, 0.3) is 0 Å². The number of hydrogen-bond donors (Lipinski definition) is 1. The summed E-state index contributed by atoms with van der Waals surface area (Å²) in [4.78, 5) is 2.14. The van der Waals surface area contributed by atoms with Gasteiger partial charge in [-0.15, -0.1) is 5.10 Å². The lowest BCUT2D eigenvalue weighted by Gasteiger charge is -2.17. The second-order valence-corrected chi connectivity index (χ2v) is 4.52. The Kier molecular flexibility index (Phi) is 4.58. The van der Waals surface area contributed by atoms with Crippen molar-refractivity contribution >= 4 is 23.0 Å². The van der Waals surface area contributed by atoms with E-state index in [0.717, 1.165) is 30.9 Å². The summed E-state index contributed by atoms with van der Waals surface area (Å²) in [5.41, 5.74) is 4.61. The molecule has 1 aliphatic rings. The minimum absolute atomic E-state index is 0.697. The summed E-state index contributed by atoms with van der Waals surface area (Å²) in [6, 6.07) is 3.75. The maximum absolute atomic E-state index is 5.30. The van der Waals surface area contributed by atoms with Crippen LogP contribution in [0, 0.1) is 0 Å². The van der Waals surface area contributed by atoms with Crippen LogP contribution >= 0.6 is 12.2 Å². The lowest BCUT2D eigenvalue weighted by Crippen LogP contribution is -2.35. The molecule has 0 aliphatic carbocycles. The number of hydrazone groups is 1. The van der Waals surface area contributed by atoms with Gasteiger partial charge in [0, 0.05) is 19.3 Å². The normalized spacial score (nSPS) is 15.8. The Bertz CT molecular complexity index is 425. The van der Waals surface area contributed by atoms with Gasteiger partial charge in [-0.05, 0) is 43.6 Å². The van der Waals surface area contributed by atoms with E-state index in [4.69, 9.17) is 12.2 Å². The molecule has 0 spiro atoms. The molecule has 18 heavy (non-hydrogen) atoms. The lowest BCUT2D eigenvalue weighted by molar-refractivity contribution is 0.509. The number of aromatic nitrogens is 2. The van der Waals surface area contributed by atoms with Crippen molar-refractivity contribution in [2.45, 2.75) is 26.2 Å². The first-order valence-corrected chi connectivity index (χ1v) is 6.61. The summed E-state index contributed by atoms with van der Waals surface area (Å²) in [6.45, 7) is 4.08. The molecule has 0 saturated carbocycles. The van der Waals surface area contributed by atoms with Crippen LogP contribution in [-0.4, -0.2) is 39.0 Å². The van der Waals surface area contributed by atoms with Crippen LogP contribution < -0.4 is 5.43 Å². The first-order valence-electron chi connectivity index (χ1n) is 6.21. The minimum Gasteiger partial charge on any atom is -0.348 e. The van der Waals surface area contributed by atoms with Crippen molar-refractivity contribution in [2.24, 2.45) is 5.10 Å². The van der Waals surface area contributed by atoms with Crippen molar-refractivity contribution in [3.05, 3.63) is 24.0 Å². The topological polar surface area (TPSA) is 53.4 Å². The molecule has 0 atom stereocenters. The monoisotopic (exact) mass is 263 g/mol. The summed E-state index contributed by atoms with van der Waals surface area (Å²) >= 11 is 5.30. The molecular weight excluding hydrogens is 246 g/mol. The van der Waals surface area contributed by atoms with Crippen molar-refractivity contribution < 1.29 is 0 Å². The largest absolute Gasteiger partial charge is 0.348 e. The Morgan fingerprint density at radius 1 is 1.50 bits per heavy atom. The van der Waals surface area contributed by atoms with Crippen LogP contribution in [0.5, 0.6) is 0 Å². The highest BCUT2D eigenvalue weighted by Gasteiger charge is 2.14. The zero-order valence-electron chi connectivity index (χ0n) is 10.5. The fourth-order valence-electron chi connectivity index (χ4n) is 1.88. The van der Waals surface area contributed by atoms with Crippen molar-refractivity contribution in [2.75, 3.05) is 13.1 Å². The number of nitrogens with zero attached hydrogens (tertiary/aromatic N) is 4. The molecule has 6 heteroatoms. The summed E-state index contributed by atoms with van der Waals surface area (Å²) in [6.07, 6.45) is 4.85. The minimum atomic E-state index is 0.697. The first-order chi connectivity index (χ1) is 8.81. The van der Waals surface area contributed by atoms with Crippen LogP contribution in [0.15, 0.2) is 23.4 Å². The molecule has 0 amide bonds. The standard InChI is InChI=1S/C12H17N5S/c1-2-10(11-6-5-7-13-14-11)15-16-12(18)17-8-3-4-9-17/h5-7H,2-4,8-9H2,1H3,(H,16,18)/b15-10+. The maximum Gasteiger partial charge on any atom is 0.189 e. The van der Waals surface area contributed by atoms with E-state index in [2.05, 4.69) is 25.6 Å². The van der Waals surface area contributed by atoms with Gasteiger partial charge in [0.05, 0.1) is 5.71 Å². The second kappa shape index (κ2) is 6.39. The van der Waals surface area contributed by atoms with Crippen LogP contribution in [0.4, 0.5) is 0 Å². The molecule has 1 aliphatic heterocycles. The summed E-state index contributed by atoms with van der Waals surface area (Å²) in [5, 5.41) is 12.9. The third-order valence-electron chi connectivity index (χ3n) is 2.88. The first kappa shape index (κ1) is 12.9. The highest BCUT2D eigenvalue weighted by molar-refractivity contribution is 7.80. The van der Waals surface area contributed by atoms with E-state index in [9.17, 15) is 0 Å². The lowest BCUT2D eigenvalue weighted by atomic mass is 10.2. The molecule has 1 aromatic heterocycles. The van der Waals surface area contributed by atoms with Crippen LogP contribution in [0.25, 0.3) is 0 Å². The van der Waals surface area contributed by atoms with Gasteiger partial charge in [0.1, 0.15) is 5.69 Å². The maximum atomic E-state index is 5.30. The van der Waals surface area contributed by atoms with E-state index in [1.807, 2.05) is 19.1 Å². The predicted molar refractivity (Wildman–Crippen MR) is 75.4 cm³/mol. The highest BCUT2D eigenvalue weighted by atomic mass is 32.1. The molecule has 0 radical (unpaired) electrons. The van der Waals surface area contributed by atoms with Crippen molar-refractivity contribution in [1.29, 1.82) is 0 Å². The molecule has 0 aromatic carbocycles. The number of hydrogen-bond acceptors (Lipinski definition) is 4. The molecule has 1 N–H and O–H groups in total. The van der Waals surface area contributed by atoms with Gasteiger partial charge in [-0.1, -0.05) is 6.92 Å². The fourth-order valence-corrected chi connectivity index (χ4v) is 2.11. The third kappa shape index (κ3) is 3.22. The van der Waals surface area contributed by atoms with Crippen LogP contribution in [0.1, 0.15) is 31.9 Å². The van der Waals surface area contributed by atoms with Gasteiger partial charge in [0.2, 0.25) is 0 Å². The molecule has 5 nitrogen and oxygen atoms in total. The molecule has 1 aromatic rings. The van der Waals surface area contributed by atoms with Crippen LogP contribution in [-0.2, 0) is 0 Å². The van der Waals surface area contributed by atoms with Crippen LogP contribution in [0.2, 0.25) is 0 Å². The quantitative estimate of drug-likeness (QED) is 0.509. The van der Waals surface area contributed by atoms with Crippen molar-refractivity contribution in [3.8, 4) is 0 Å². The molecule has 2 heterocycles. The summed E-state index contributed by atoms with van der Waals surface area (Å²) < 4.78 is 0. The van der Waals surface area contributed by atoms with Crippen molar-refractivity contribution in [1.82, 2.24) is 20.5 Å². The molecule has 2 rings (SSSR count). The van der Waals surface area contributed by atoms with E-state index in [1.54, 1.807) is 6.20 Å². The van der Waals surface area contributed by atoms with Gasteiger partial charge in [-0.25, -0.2) is 0 Å². The number of likely N-dealkylation sites (tertiary alicyclic amines) is 1. The number of nitrogens with one attached hydrogen (secondary N) is 1. The zero-order valence-corrected chi connectivity index (χ0v) is 11.3. The average Bonchev–Trinajstić information content (AvgIpc) is 2.94. The van der Waals surface area contributed by atoms with Crippen molar-refractivity contribution in [3.63, 3.8) is 0 Å². The fraction of sp³-hybridized carbons (Fsp3) is 0.500. The molecule has 1 fully saturated rings. The van der Waals surface area contributed by atoms with E-state index in [1.165, 1.54) is 12.8 Å². The van der Waals surface area contributed by atoms with Gasteiger partial charge < -0.3 is 4.90 Å². The summed E-state index contributed by atoms with van der Waals surface area (Å²) in [7, 11) is 0. The molecule has 96 valence electrons. The SMILES string of the molecule is CC/C(=N\NC(=S)N1CCCC1)c1cccnn1. The second-order valence-electron chi connectivity index (χ2n) is 4.13. The van der Waals surface area contributed by atoms with Gasteiger partial charge in [-0.3, -0.25) is 5.43 Å². The van der Waals surface area contributed by atoms with E-state index < -0.39 is 0 Å². The number of thiocarbonyl (C=S) groups is 1. The Morgan fingerprint density at radius 3 is 2.89 bits per heavy atom. The van der Waals surface area contributed by atoms with Gasteiger partial charge >= 0.3 is 0 Å². The van der Waals surface area contributed by atoms with E-state index >= 15 is 0 Å². The molecule has 0 bridgehead atoms. The Hall–Kier alpha value is -1.56. The number of rotatable bonds is 3. The summed E-state index contributed by atoms with van der Waals surface area (Å²) in [5.74, 6) is 0. The third-order valence-corrected chi connectivity index (χ3v) is 3.23. The average molecular weight is 263 g/mol. The zero-order chi connectivity index (χ0) is 12.8. The predicted octanol–water partition coefficient (Wildman–Crippen LogP) is 1.56. The van der Waals surface area contributed by atoms with Gasteiger partial charge in [0.15, 0.2) is 5.11 Å². The van der Waals surface area contributed by atoms with Gasteiger partial charge in [-0.2, -0.15) is 10.2 Å².